The number of carbonyl (C=O) groups excluding carboxylic acids is 1. The first kappa shape index (κ1) is 15.5. The second-order valence-corrected chi connectivity index (χ2v) is 5.66. The molecular formula is C17H18ClNO2. The van der Waals surface area contributed by atoms with Crippen molar-refractivity contribution in [2.75, 3.05) is 0 Å². The molecule has 0 bridgehead atoms. The van der Waals surface area contributed by atoms with Gasteiger partial charge in [-0.2, -0.15) is 0 Å². The standard InChI is InChI=1S/C17H18ClNO2/c1-17(21,14-7-3-2-4-8-14)11-16(20)19-12-13-6-5-9-15(18)10-13/h2-10,21H,11-12H2,1H3,(H,19,20). The molecule has 2 aromatic rings. The number of hydrogen-bond acceptors (Lipinski definition) is 2. The summed E-state index contributed by atoms with van der Waals surface area (Å²) in [6.45, 7) is 2.03. The van der Waals surface area contributed by atoms with Gasteiger partial charge in [-0.05, 0) is 30.2 Å². The highest BCUT2D eigenvalue weighted by Gasteiger charge is 2.26. The van der Waals surface area contributed by atoms with Crippen LogP contribution in [0.1, 0.15) is 24.5 Å². The summed E-state index contributed by atoms with van der Waals surface area (Å²) in [4.78, 5) is 12.0. The smallest absolute Gasteiger partial charge is 0.223 e. The molecule has 0 heterocycles. The topological polar surface area (TPSA) is 49.3 Å². The highest BCUT2D eigenvalue weighted by molar-refractivity contribution is 6.30. The fraction of sp³-hybridized carbons (Fsp3) is 0.235. The maximum atomic E-state index is 12.0. The van der Waals surface area contributed by atoms with Gasteiger partial charge in [0, 0.05) is 11.6 Å². The second kappa shape index (κ2) is 6.74. The van der Waals surface area contributed by atoms with Crippen molar-refractivity contribution in [1.29, 1.82) is 0 Å². The van der Waals surface area contributed by atoms with Crippen LogP contribution in [0.15, 0.2) is 54.6 Å². The van der Waals surface area contributed by atoms with Gasteiger partial charge in [-0.15, -0.1) is 0 Å². The highest BCUT2D eigenvalue weighted by atomic mass is 35.5. The van der Waals surface area contributed by atoms with Gasteiger partial charge < -0.3 is 10.4 Å². The van der Waals surface area contributed by atoms with E-state index in [0.29, 0.717) is 11.6 Å². The molecule has 110 valence electrons. The van der Waals surface area contributed by atoms with Crippen molar-refractivity contribution in [2.24, 2.45) is 0 Å². The van der Waals surface area contributed by atoms with Gasteiger partial charge in [0.15, 0.2) is 0 Å². The Morgan fingerprint density at radius 1 is 1.19 bits per heavy atom. The lowest BCUT2D eigenvalue weighted by Gasteiger charge is -2.23. The number of carbonyl (C=O) groups is 1. The number of rotatable bonds is 5. The summed E-state index contributed by atoms with van der Waals surface area (Å²) < 4.78 is 0. The third kappa shape index (κ3) is 4.59. The minimum Gasteiger partial charge on any atom is -0.385 e. The molecule has 1 amide bonds. The van der Waals surface area contributed by atoms with Gasteiger partial charge in [0.25, 0.3) is 0 Å². The van der Waals surface area contributed by atoms with Crippen molar-refractivity contribution >= 4 is 17.5 Å². The van der Waals surface area contributed by atoms with Gasteiger partial charge in [0.2, 0.25) is 5.91 Å². The molecule has 0 aromatic heterocycles. The molecule has 2 aromatic carbocycles. The van der Waals surface area contributed by atoms with Gasteiger partial charge in [-0.3, -0.25) is 4.79 Å². The lowest BCUT2D eigenvalue weighted by atomic mass is 9.92. The van der Waals surface area contributed by atoms with E-state index in [0.717, 1.165) is 11.1 Å². The van der Waals surface area contributed by atoms with Crippen LogP contribution in [-0.4, -0.2) is 11.0 Å². The van der Waals surface area contributed by atoms with Crippen LogP contribution in [0, 0.1) is 0 Å². The molecule has 0 fully saturated rings. The van der Waals surface area contributed by atoms with Crippen LogP contribution in [0.4, 0.5) is 0 Å². The minimum absolute atomic E-state index is 0.0115. The first-order valence-electron chi connectivity index (χ1n) is 6.76. The molecule has 0 aliphatic rings. The van der Waals surface area contributed by atoms with E-state index in [-0.39, 0.29) is 12.3 Å². The van der Waals surface area contributed by atoms with E-state index in [1.54, 1.807) is 19.1 Å². The number of amides is 1. The van der Waals surface area contributed by atoms with E-state index in [1.807, 2.05) is 42.5 Å². The Morgan fingerprint density at radius 3 is 2.57 bits per heavy atom. The van der Waals surface area contributed by atoms with E-state index in [9.17, 15) is 9.90 Å². The van der Waals surface area contributed by atoms with Gasteiger partial charge in [-0.25, -0.2) is 0 Å². The third-order valence-electron chi connectivity index (χ3n) is 3.28. The predicted octanol–water partition coefficient (Wildman–Crippen LogP) is 3.25. The summed E-state index contributed by atoms with van der Waals surface area (Å²) >= 11 is 5.89. The van der Waals surface area contributed by atoms with E-state index >= 15 is 0 Å². The van der Waals surface area contributed by atoms with Crippen LogP contribution < -0.4 is 5.32 Å². The van der Waals surface area contributed by atoms with E-state index in [2.05, 4.69) is 5.32 Å². The second-order valence-electron chi connectivity index (χ2n) is 5.22. The molecule has 21 heavy (non-hydrogen) atoms. The zero-order chi connectivity index (χ0) is 15.3. The van der Waals surface area contributed by atoms with Gasteiger partial charge in [-0.1, -0.05) is 54.1 Å². The maximum Gasteiger partial charge on any atom is 0.223 e. The Balaban J connectivity index is 1.92. The summed E-state index contributed by atoms with van der Waals surface area (Å²) in [7, 11) is 0. The van der Waals surface area contributed by atoms with Crippen LogP contribution in [0.2, 0.25) is 5.02 Å². The molecule has 0 saturated carbocycles. The molecule has 2 rings (SSSR count). The van der Waals surface area contributed by atoms with Crippen molar-refractivity contribution in [3.05, 3.63) is 70.7 Å². The number of aliphatic hydroxyl groups is 1. The van der Waals surface area contributed by atoms with E-state index in [4.69, 9.17) is 11.6 Å². The molecule has 0 radical (unpaired) electrons. The molecule has 0 aliphatic heterocycles. The van der Waals surface area contributed by atoms with Crippen molar-refractivity contribution in [3.63, 3.8) is 0 Å². The largest absolute Gasteiger partial charge is 0.385 e. The molecule has 3 nitrogen and oxygen atoms in total. The van der Waals surface area contributed by atoms with Crippen LogP contribution in [0.25, 0.3) is 0 Å². The summed E-state index contributed by atoms with van der Waals surface area (Å²) in [5, 5.41) is 13.8. The molecule has 0 saturated heterocycles. The van der Waals surface area contributed by atoms with Crippen molar-refractivity contribution in [2.45, 2.75) is 25.5 Å². The van der Waals surface area contributed by atoms with Gasteiger partial charge >= 0.3 is 0 Å². The van der Waals surface area contributed by atoms with Crippen LogP contribution in [-0.2, 0) is 16.9 Å². The lowest BCUT2D eigenvalue weighted by molar-refractivity contribution is -0.126. The fourth-order valence-electron chi connectivity index (χ4n) is 2.12. The molecular weight excluding hydrogens is 286 g/mol. The zero-order valence-corrected chi connectivity index (χ0v) is 12.6. The van der Waals surface area contributed by atoms with Gasteiger partial charge in [0.05, 0.1) is 12.0 Å². The number of benzene rings is 2. The molecule has 0 spiro atoms. The number of nitrogens with one attached hydrogen (secondary N) is 1. The average Bonchev–Trinajstić information content (AvgIpc) is 2.46. The van der Waals surface area contributed by atoms with Crippen molar-refractivity contribution < 1.29 is 9.90 Å². The predicted molar refractivity (Wildman–Crippen MR) is 83.9 cm³/mol. The van der Waals surface area contributed by atoms with Gasteiger partial charge in [0.1, 0.15) is 0 Å². The molecule has 1 atom stereocenters. The lowest BCUT2D eigenvalue weighted by Crippen LogP contribution is -2.32. The van der Waals surface area contributed by atoms with Crippen LogP contribution in [0.5, 0.6) is 0 Å². The Morgan fingerprint density at radius 2 is 1.90 bits per heavy atom. The number of halogens is 1. The minimum atomic E-state index is -1.18. The summed E-state index contributed by atoms with van der Waals surface area (Å²) in [5.74, 6) is -0.205. The molecule has 2 N–H and O–H groups in total. The number of hydrogen-bond donors (Lipinski definition) is 2. The van der Waals surface area contributed by atoms with E-state index < -0.39 is 5.60 Å². The molecule has 1 unspecified atom stereocenters. The van der Waals surface area contributed by atoms with Crippen molar-refractivity contribution in [1.82, 2.24) is 5.32 Å². The fourth-order valence-corrected chi connectivity index (χ4v) is 2.33. The molecule has 4 heteroatoms. The SMILES string of the molecule is CC(O)(CC(=O)NCc1cccc(Cl)c1)c1ccccc1. The quantitative estimate of drug-likeness (QED) is 0.891. The summed E-state index contributed by atoms with van der Waals surface area (Å²) in [6, 6.07) is 16.5. The zero-order valence-electron chi connectivity index (χ0n) is 11.8. The summed E-state index contributed by atoms with van der Waals surface area (Å²) in [6.07, 6.45) is 0.0115. The first-order chi connectivity index (χ1) is 9.97. The monoisotopic (exact) mass is 303 g/mol. The van der Waals surface area contributed by atoms with E-state index in [1.165, 1.54) is 0 Å². The average molecular weight is 304 g/mol. The summed E-state index contributed by atoms with van der Waals surface area (Å²) in [5.41, 5.74) is 0.470. The normalized spacial score (nSPS) is 13.5. The Labute approximate surface area is 129 Å². The highest BCUT2D eigenvalue weighted by Crippen LogP contribution is 2.23. The Bertz CT molecular complexity index is 611. The molecule has 0 aliphatic carbocycles. The van der Waals surface area contributed by atoms with Crippen LogP contribution >= 0.6 is 11.6 Å². The Kier molecular flexibility index (Phi) is 4.99. The van der Waals surface area contributed by atoms with Crippen molar-refractivity contribution in [3.8, 4) is 0 Å². The van der Waals surface area contributed by atoms with Crippen LogP contribution in [0.3, 0.4) is 0 Å². The Hall–Kier alpha value is -1.84. The maximum absolute atomic E-state index is 12.0. The first-order valence-corrected chi connectivity index (χ1v) is 7.14. The third-order valence-corrected chi connectivity index (χ3v) is 3.51.